The van der Waals surface area contributed by atoms with E-state index in [2.05, 4.69) is 49.1 Å². The standard InChI is InChI=1S/C25H34N2O2/c1-3-5-11-25-17(15-26)13-18-16(4-2)10-12-29-21-14-22(28)27(24(25)23(18)21)20-9-7-6-8-19(20)25/h6-10,17-18,21,23-24H,3-5,11-15,26H2,1-2H3/t17-,18+,21+,23+,24+,25+/m1/s1. The average Bonchev–Trinajstić information content (AvgIpc) is 2.93. The Kier molecular flexibility index (Phi) is 4.83. The van der Waals surface area contributed by atoms with E-state index in [1.165, 1.54) is 17.6 Å². The molecule has 1 aromatic rings. The van der Waals surface area contributed by atoms with E-state index in [9.17, 15) is 4.79 Å². The third-order valence-corrected chi connectivity index (χ3v) is 8.41. The van der Waals surface area contributed by atoms with Crippen molar-refractivity contribution < 1.29 is 9.53 Å². The molecule has 156 valence electrons. The molecule has 0 bridgehead atoms. The van der Waals surface area contributed by atoms with Crippen LogP contribution in [0.4, 0.5) is 5.69 Å². The first-order valence-electron chi connectivity index (χ1n) is 11.6. The Balaban J connectivity index is 1.74. The van der Waals surface area contributed by atoms with E-state index in [0.29, 0.717) is 37.3 Å². The van der Waals surface area contributed by atoms with Crippen LogP contribution in [-0.4, -0.2) is 31.2 Å². The van der Waals surface area contributed by atoms with Crippen molar-refractivity contribution in [1.29, 1.82) is 0 Å². The molecule has 1 aliphatic carbocycles. The number of carbonyl (C=O) groups is 1. The highest BCUT2D eigenvalue weighted by molar-refractivity contribution is 5.99. The molecule has 0 aromatic heterocycles. The summed E-state index contributed by atoms with van der Waals surface area (Å²) < 4.78 is 6.33. The summed E-state index contributed by atoms with van der Waals surface area (Å²) in [5, 5.41) is 0. The number of nitrogens with zero attached hydrogens (tertiary/aromatic N) is 1. The van der Waals surface area contributed by atoms with Crippen LogP contribution < -0.4 is 10.6 Å². The third kappa shape index (κ3) is 2.55. The van der Waals surface area contributed by atoms with Crippen molar-refractivity contribution in [2.24, 2.45) is 23.5 Å². The Labute approximate surface area is 174 Å². The van der Waals surface area contributed by atoms with Gasteiger partial charge in [0.25, 0.3) is 0 Å². The van der Waals surface area contributed by atoms with Gasteiger partial charge in [0.2, 0.25) is 5.91 Å². The van der Waals surface area contributed by atoms with Crippen LogP contribution in [0.3, 0.4) is 0 Å². The zero-order valence-corrected chi connectivity index (χ0v) is 17.8. The maximum Gasteiger partial charge on any atom is 0.229 e. The molecule has 3 aliphatic heterocycles. The molecule has 1 aromatic carbocycles. The smallest absolute Gasteiger partial charge is 0.229 e. The number of anilines is 1. The van der Waals surface area contributed by atoms with Crippen molar-refractivity contribution in [2.45, 2.75) is 69.9 Å². The first kappa shape index (κ1) is 19.3. The van der Waals surface area contributed by atoms with Gasteiger partial charge in [-0.25, -0.2) is 0 Å². The maximum absolute atomic E-state index is 13.4. The topological polar surface area (TPSA) is 55.6 Å². The molecule has 0 radical (unpaired) electrons. The van der Waals surface area contributed by atoms with E-state index >= 15 is 0 Å². The minimum Gasteiger partial charge on any atom is -0.373 e. The number of piperidine rings is 1. The summed E-state index contributed by atoms with van der Waals surface area (Å²) in [7, 11) is 0. The lowest BCUT2D eigenvalue weighted by molar-refractivity contribution is -0.132. The van der Waals surface area contributed by atoms with Crippen LogP contribution in [-0.2, 0) is 14.9 Å². The van der Waals surface area contributed by atoms with Gasteiger partial charge in [-0.3, -0.25) is 4.79 Å². The first-order valence-corrected chi connectivity index (χ1v) is 11.6. The van der Waals surface area contributed by atoms with Crippen molar-refractivity contribution in [3.8, 4) is 0 Å². The summed E-state index contributed by atoms with van der Waals surface area (Å²) >= 11 is 0. The highest BCUT2D eigenvalue weighted by atomic mass is 16.5. The molecule has 2 N–H and O–H groups in total. The number of rotatable bonds is 5. The van der Waals surface area contributed by atoms with Crippen molar-refractivity contribution in [1.82, 2.24) is 0 Å². The van der Waals surface area contributed by atoms with Crippen molar-refractivity contribution in [3.63, 3.8) is 0 Å². The summed E-state index contributed by atoms with van der Waals surface area (Å²) in [4.78, 5) is 15.6. The molecule has 6 atom stereocenters. The minimum atomic E-state index is -0.0383. The number of carbonyl (C=O) groups excluding carboxylic acids is 1. The van der Waals surface area contributed by atoms with Crippen molar-refractivity contribution in [3.05, 3.63) is 41.5 Å². The molecule has 1 saturated carbocycles. The van der Waals surface area contributed by atoms with Crippen LogP contribution >= 0.6 is 0 Å². The van der Waals surface area contributed by atoms with Gasteiger partial charge in [-0.2, -0.15) is 0 Å². The fourth-order valence-corrected chi connectivity index (χ4v) is 7.31. The number of ether oxygens (including phenoxy) is 1. The highest BCUT2D eigenvalue weighted by Crippen LogP contribution is 2.63. The van der Waals surface area contributed by atoms with Gasteiger partial charge in [0.1, 0.15) is 0 Å². The zero-order valence-electron chi connectivity index (χ0n) is 17.8. The summed E-state index contributed by atoms with van der Waals surface area (Å²) in [6.07, 6.45) is 8.46. The maximum atomic E-state index is 13.4. The molecule has 0 spiro atoms. The normalized spacial score (nSPS) is 37.6. The van der Waals surface area contributed by atoms with Gasteiger partial charge < -0.3 is 15.4 Å². The summed E-state index contributed by atoms with van der Waals surface area (Å²) in [6.45, 7) is 5.85. The second-order valence-electron chi connectivity index (χ2n) is 9.43. The molecule has 1 amide bonds. The van der Waals surface area contributed by atoms with Crippen LogP contribution in [0.5, 0.6) is 0 Å². The average molecular weight is 395 g/mol. The molecule has 4 nitrogen and oxygen atoms in total. The number of allylic oxidation sites excluding steroid dienone is 1. The lowest BCUT2D eigenvalue weighted by Crippen LogP contribution is -2.66. The first-order chi connectivity index (χ1) is 14.2. The number of hydrogen-bond donors (Lipinski definition) is 1. The number of unbranched alkanes of at least 4 members (excludes halogenated alkanes) is 1. The molecule has 5 rings (SSSR count). The highest BCUT2D eigenvalue weighted by Gasteiger charge is 2.66. The Morgan fingerprint density at radius 1 is 1.28 bits per heavy atom. The Morgan fingerprint density at radius 2 is 2.10 bits per heavy atom. The second kappa shape index (κ2) is 7.24. The Hall–Kier alpha value is -1.65. The summed E-state index contributed by atoms with van der Waals surface area (Å²) in [5.74, 6) is 1.48. The van der Waals surface area contributed by atoms with E-state index in [4.69, 9.17) is 10.5 Å². The van der Waals surface area contributed by atoms with E-state index < -0.39 is 0 Å². The molecular formula is C25H34N2O2. The zero-order chi connectivity index (χ0) is 20.2. The molecule has 0 unspecified atom stereocenters. The van der Waals surface area contributed by atoms with E-state index in [-0.39, 0.29) is 23.5 Å². The number of nitrogens with two attached hydrogens (primary N) is 1. The predicted molar refractivity (Wildman–Crippen MR) is 116 cm³/mol. The monoisotopic (exact) mass is 394 g/mol. The number of benzene rings is 1. The largest absolute Gasteiger partial charge is 0.373 e. The number of para-hydroxylation sites is 1. The molecule has 4 heteroatoms. The minimum absolute atomic E-state index is 0.0306. The molecule has 1 saturated heterocycles. The predicted octanol–water partition coefficient (Wildman–Crippen LogP) is 4.18. The Bertz CT molecular complexity index is 834. The molecule has 29 heavy (non-hydrogen) atoms. The van der Waals surface area contributed by atoms with Crippen molar-refractivity contribution >= 4 is 11.6 Å². The Morgan fingerprint density at radius 3 is 2.86 bits per heavy atom. The van der Waals surface area contributed by atoms with Crippen LogP contribution in [0.2, 0.25) is 0 Å². The lowest BCUT2D eigenvalue weighted by atomic mass is 9.50. The van der Waals surface area contributed by atoms with Gasteiger partial charge in [-0.15, -0.1) is 0 Å². The third-order valence-electron chi connectivity index (χ3n) is 8.41. The summed E-state index contributed by atoms with van der Waals surface area (Å²) in [5.41, 5.74) is 10.5. The number of hydrogen-bond acceptors (Lipinski definition) is 3. The second-order valence-corrected chi connectivity index (χ2v) is 9.43. The molecule has 3 heterocycles. The molecule has 2 fully saturated rings. The fourth-order valence-electron chi connectivity index (χ4n) is 7.31. The molecule has 4 aliphatic rings. The number of fused-ring (bicyclic) bond motifs is 3. The van der Waals surface area contributed by atoms with E-state index in [1.54, 1.807) is 0 Å². The van der Waals surface area contributed by atoms with Gasteiger partial charge >= 0.3 is 0 Å². The van der Waals surface area contributed by atoms with Crippen LogP contribution in [0.1, 0.15) is 57.9 Å². The van der Waals surface area contributed by atoms with E-state index in [0.717, 1.165) is 31.4 Å². The SMILES string of the molecule is CCCC[C@@]12c3ccccc3N3C(=O)C[C@@H]4OCC=C(CC)[C@H](C[C@@H]1CN)[C@@H]4[C@H]32. The van der Waals surface area contributed by atoms with Gasteiger partial charge in [-0.1, -0.05) is 56.5 Å². The lowest BCUT2D eigenvalue weighted by Gasteiger charge is -2.58. The van der Waals surface area contributed by atoms with Crippen molar-refractivity contribution in [2.75, 3.05) is 18.1 Å². The number of amides is 1. The van der Waals surface area contributed by atoms with Gasteiger partial charge in [0, 0.05) is 17.0 Å². The quantitative estimate of drug-likeness (QED) is 0.762. The van der Waals surface area contributed by atoms with Crippen LogP contribution in [0.15, 0.2) is 35.9 Å². The molecular weight excluding hydrogens is 360 g/mol. The van der Waals surface area contributed by atoms with Gasteiger partial charge in [-0.05, 0) is 49.3 Å². The van der Waals surface area contributed by atoms with Gasteiger partial charge in [0.15, 0.2) is 0 Å². The van der Waals surface area contributed by atoms with E-state index in [1.807, 2.05) is 0 Å². The van der Waals surface area contributed by atoms with Crippen LogP contribution in [0, 0.1) is 17.8 Å². The van der Waals surface area contributed by atoms with Gasteiger partial charge in [0.05, 0.1) is 25.2 Å². The van der Waals surface area contributed by atoms with Crippen LogP contribution in [0.25, 0.3) is 0 Å². The fraction of sp³-hybridized carbons (Fsp3) is 0.640. The summed E-state index contributed by atoms with van der Waals surface area (Å²) in [6, 6.07) is 8.85.